The van der Waals surface area contributed by atoms with Crippen LogP contribution in [0.3, 0.4) is 0 Å². The van der Waals surface area contributed by atoms with Gasteiger partial charge in [0.25, 0.3) is 0 Å². The highest BCUT2D eigenvalue weighted by atomic mass is 35.5. The van der Waals surface area contributed by atoms with E-state index < -0.39 is 0 Å². The molecule has 1 heterocycles. The lowest BCUT2D eigenvalue weighted by atomic mass is 10.2. The normalized spacial score (nSPS) is 11.2. The molecular weight excluding hydrogens is 328 g/mol. The topological polar surface area (TPSA) is 43.1 Å². The molecule has 116 valence electrons. The molecule has 2 aromatic carbocycles. The van der Waals surface area contributed by atoms with Gasteiger partial charge >= 0.3 is 0 Å². The van der Waals surface area contributed by atoms with Gasteiger partial charge in [-0.05, 0) is 18.6 Å². The standard InChI is InChI=1S/C17H15ClN4S/c1-13-20-21-17(23-12-14-7-3-2-4-8-14)22(13)19-11-15-9-5-6-10-16(15)18/h2-11H,12H2,1H3/b19-11+. The van der Waals surface area contributed by atoms with Gasteiger partial charge in [0.1, 0.15) is 0 Å². The van der Waals surface area contributed by atoms with E-state index >= 15 is 0 Å². The molecule has 3 rings (SSSR count). The molecule has 0 amide bonds. The van der Waals surface area contributed by atoms with Crippen molar-refractivity contribution in [2.75, 3.05) is 0 Å². The minimum atomic E-state index is 0.667. The van der Waals surface area contributed by atoms with E-state index in [1.54, 1.807) is 22.7 Å². The number of hydrogen-bond acceptors (Lipinski definition) is 4. The van der Waals surface area contributed by atoms with E-state index in [0.717, 1.165) is 22.3 Å². The van der Waals surface area contributed by atoms with Crippen molar-refractivity contribution in [3.63, 3.8) is 0 Å². The van der Waals surface area contributed by atoms with E-state index in [9.17, 15) is 0 Å². The minimum Gasteiger partial charge on any atom is -0.192 e. The van der Waals surface area contributed by atoms with Gasteiger partial charge in [0.2, 0.25) is 5.16 Å². The molecule has 3 aromatic rings. The van der Waals surface area contributed by atoms with Gasteiger partial charge in [-0.2, -0.15) is 9.78 Å². The minimum absolute atomic E-state index is 0.667. The van der Waals surface area contributed by atoms with Crippen LogP contribution in [0.4, 0.5) is 0 Å². The molecule has 0 bridgehead atoms. The maximum absolute atomic E-state index is 6.15. The van der Waals surface area contributed by atoms with Crippen LogP contribution in [0.15, 0.2) is 64.9 Å². The Morgan fingerprint density at radius 2 is 1.83 bits per heavy atom. The molecule has 1 aromatic heterocycles. The fourth-order valence-corrected chi connectivity index (χ4v) is 3.06. The molecule has 0 saturated heterocycles. The van der Waals surface area contributed by atoms with Crippen molar-refractivity contribution in [2.24, 2.45) is 5.10 Å². The molecule has 0 N–H and O–H groups in total. The molecular formula is C17H15ClN4S. The Kier molecular flexibility index (Phi) is 5.10. The molecule has 0 saturated carbocycles. The Balaban J connectivity index is 1.78. The van der Waals surface area contributed by atoms with Crippen LogP contribution in [0.2, 0.25) is 5.02 Å². The summed E-state index contributed by atoms with van der Waals surface area (Å²) >= 11 is 7.75. The molecule has 0 aliphatic rings. The second-order valence-electron chi connectivity index (χ2n) is 4.88. The Bertz CT molecular complexity index is 814. The van der Waals surface area contributed by atoms with E-state index in [1.807, 2.05) is 49.4 Å². The summed E-state index contributed by atoms with van der Waals surface area (Å²) in [6.45, 7) is 1.88. The molecule has 0 fully saturated rings. The summed E-state index contributed by atoms with van der Waals surface area (Å²) in [5, 5.41) is 14.2. The number of hydrogen-bond donors (Lipinski definition) is 0. The first kappa shape index (κ1) is 15.8. The summed E-state index contributed by atoms with van der Waals surface area (Å²) in [4.78, 5) is 0. The van der Waals surface area contributed by atoms with Gasteiger partial charge in [0, 0.05) is 16.3 Å². The first-order chi connectivity index (χ1) is 11.2. The van der Waals surface area contributed by atoms with Gasteiger partial charge in [0.15, 0.2) is 5.82 Å². The molecule has 4 nitrogen and oxygen atoms in total. The summed E-state index contributed by atoms with van der Waals surface area (Å²) in [7, 11) is 0. The Labute approximate surface area is 144 Å². The van der Waals surface area contributed by atoms with E-state index in [1.165, 1.54) is 5.56 Å². The van der Waals surface area contributed by atoms with Crippen molar-refractivity contribution in [3.8, 4) is 0 Å². The average molecular weight is 343 g/mol. The number of rotatable bonds is 5. The Morgan fingerprint density at radius 1 is 1.09 bits per heavy atom. The van der Waals surface area contributed by atoms with Crippen LogP contribution in [0.1, 0.15) is 17.0 Å². The lowest BCUT2D eigenvalue weighted by Crippen LogP contribution is -1.96. The summed E-state index contributed by atoms with van der Waals surface area (Å²) in [5.41, 5.74) is 2.10. The van der Waals surface area contributed by atoms with Crippen LogP contribution in [-0.4, -0.2) is 21.1 Å². The van der Waals surface area contributed by atoms with Gasteiger partial charge < -0.3 is 0 Å². The molecule has 0 aliphatic heterocycles. The van der Waals surface area contributed by atoms with Gasteiger partial charge in [0.05, 0.1) is 6.21 Å². The predicted molar refractivity (Wildman–Crippen MR) is 95.2 cm³/mol. The third-order valence-corrected chi connectivity index (χ3v) is 4.53. The van der Waals surface area contributed by atoms with Gasteiger partial charge in [-0.25, -0.2) is 0 Å². The van der Waals surface area contributed by atoms with E-state index in [4.69, 9.17) is 11.6 Å². The van der Waals surface area contributed by atoms with Crippen LogP contribution in [0, 0.1) is 6.92 Å². The summed E-state index contributed by atoms with van der Waals surface area (Å²) in [6.07, 6.45) is 1.73. The second-order valence-corrected chi connectivity index (χ2v) is 6.23. The predicted octanol–water partition coefficient (Wildman–Crippen LogP) is 4.41. The van der Waals surface area contributed by atoms with Gasteiger partial charge in [-0.15, -0.1) is 10.2 Å². The number of benzene rings is 2. The van der Waals surface area contributed by atoms with Crippen molar-refractivity contribution >= 4 is 29.6 Å². The summed E-state index contributed by atoms with van der Waals surface area (Å²) in [6, 6.07) is 17.8. The quantitative estimate of drug-likeness (QED) is 0.509. The number of halogens is 1. The van der Waals surface area contributed by atoms with Gasteiger partial charge in [-0.3, -0.25) is 0 Å². The first-order valence-corrected chi connectivity index (χ1v) is 8.48. The van der Waals surface area contributed by atoms with Crippen molar-refractivity contribution in [3.05, 3.63) is 76.6 Å². The highest BCUT2D eigenvalue weighted by molar-refractivity contribution is 7.98. The zero-order valence-electron chi connectivity index (χ0n) is 12.6. The van der Waals surface area contributed by atoms with E-state index in [2.05, 4.69) is 27.4 Å². The number of thioether (sulfide) groups is 1. The number of nitrogens with zero attached hydrogens (tertiary/aromatic N) is 4. The second kappa shape index (κ2) is 7.44. The third-order valence-electron chi connectivity index (χ3n) is 3.20. The zero-order valence-corrected chi connectivity index (χ0v) is 14.1. The van der Waals surface area contributed by atoms with Crippen LogP contribution in [-0.2, 0) is 5.75 Å². The van der Waals surface area contributed by atoms with Crippen LogP contribution in [0.5, 0.6) is 0 Å². The third kappa shape index (κ3) is 4.00. The Hall–Kier alpha value is -2.11. The maximum Gasteiger partial charge on any atom is 0.212 e. The molecule has 0 spiro atoms. The Morgan fingerprint density at radius 3 is 2.61 bits per heavy atom. The van der Waals surface area contributed by atoms with Crippen molar-refractivity contribution in [2.45, 2.75) is 17.8 Å². The maximum atomic E-state index is 6.15. The number of aromatic nitrogens is 3. The highest BCUT2D eigenvalue weighted by Gasteiger charge is 2.08. The van der Waals surface area contributed by atoms with Gasteiger partial charge in [-0.1, -0.05) is 71.9 Å². The lowest BCUT2D eigenvalue weighted by molar-refractivity contribution is 0.744. The molecule has 6 heteroatoms. The molecule has 0 radical (unpaired) electrons. The van der Waals surface area contributed by atoms with Crippen molar-refractivity contribution in [1.82, 2.24) is 14.9 Å². The van der Waals surface area contributed by atoms with Crippen LogP contribution < -0.4 is 0 Å². The fourth-order valence-electron chi connectivity index (χ4n) is 1.98. The molecule has 23 heavy (non-hydrogen) atoms. The van der Waals surface area contributed by atoms with Crippen LogP contribution >= 0.6 is 23.4 Å². The monoisotopic (exact) mass is 342 g/mol. The molecule has 0 aliphatic carbocycles. The SMILES string of the molecule is Cc1nnc(SCc2ccccc2)n1/N=C/c1ccccc1Cl. The zero-order chi connectivity index (χ0) is 16.1. The summed E-state index contributed by atoms with van der Waals surface area (Å²) < 4.78 is 1.73. The summed E-state index contributed by atoms with van der Waals surface area (Å²) in [5.74, 6) is 1.56. The van der Waals surface area contributed by atoms with Crippen LogP contribution in [0.25, 0.3) is 0 Å². The lowest BCUT2D eigenvalue weighted by Gasteiger charge is -2.03. The average Bonchev–Trinajstić information content (AvgIpc) is 2.93. The largest absolute Gasteiger partial charge is 0.212 e. The van der Waals surface area contributed by atoms with E-state index in [-0.39, 0.29) is 0 Å². The smallest absolute Gasteiger partial charge is 0.192 e. The van der Waals surface area contributed by atoms with E-state index in [0.29, 0.717) is 5.02 Å². The highest BCUT2D eigenvalue weighted by Crippen LogP contribution is 2.22. The molecule has 0 atom stereocenters. The fraction of sp³-hybridized carbons (Fsp3) is 0.118. The van der Waals surface area contributed by atoms with Crippen molar-refractivity contribution in [1.29, 1.82) is 0 Å². The molecule has 0 unspecified atom stereocenters. The number of aryl methyl sites for hydroxylation is 1. The first-order valence-electron chi connectivity index (χ1n) is 7.11. The van der Waals surface area contributed by atoms with Crippen molar-refractivity contribution < 1.29 is 0 Å².